The van der Waals surface area contributed by atoms with Crippen LogP contribution in [-0.2, 0) is 0 Å². The van der Waals surface area contributed by atoms with Gasteiger partial charge in [-0.2, -0.15) is 11.8 Å². The number of ether oxygens (including phenoxy) is 1. The van der Waals surface area contributed by atoms with E-state index >= 15 is 0 Å². The van der Waals surface area contributed by atoms with Gasteiger partial charge in [0.1, 0.15) is 18.2 Å². The molecule has 0 unspecified atom stereocenters. The first-order valence-electron chi connectivity index (χ1n) is 8.73. The molecule has 0 aliphatic carbocycles. The molecule has 0 bridgehead atoms. The average molecular weight is 374 g/mol. The van der Waals surface area contributed by atoms with Crippen LogP contribution in [0.4, 0.5) is 10.1 Å². The molecule has 0 atom stereocenters. The second-order valence-electron chi connectivity index (χ2n) is 6.16. The zero-order valence-corrected chi connectivity index (χ0v) is 15.7. The number of benzene rings is 2. The van der Waals surface area contributed by atoms with Gasteiger partial charge in [-0.1, -0.05) is 6.07 Å². The van der Waals surface area contributed by atoms with Gasteiger partial charge in [-0.3, -0.25) is 4.79 Å². The first-order valence-corrected chi connectivity index (χ1v) is 9.89. The number of rotatable bonds is 6. The highest BCUT2D eigenvalue weighted by Crippen LogP contribution is 2.20. The summed E-state index contributed by atoms with van der Waals surface area (Å²) < 4.78 is 18.5. The Bertz CT molecular complexity index is 746. The minimum Gasteiger partial charge on any atom is -0.492 e. The monoisotopic (exact) mass is 374 g/mol. The van der Waals surface area contributed by atoms with Crippen LogP contribution >= 0.6 is 11.8 Å². The van der Waals surface area contributed by atoms with Gasteiger partial charge in [0.15, 0.2) is 0 Å². The Morgan fingerprint density at radius 1 is 1.19 bits per heavy atom. The highest BCUT2D eigenvalue weighted by atomic mass is 32.2. The molecule has 138 valence electrons. The summed E-state index contributed by atoms with van der Waals surface area (Å²) in [7, 11) is 0. The van der Waals surface area contributed by atoms with E-state index in [1.54, 1.807) is 12.1 Å². The highest BCUT2D eigenvalue weighted by molar-refractivity contribution is 7.99. The standard InChI is InChI=1S/C20H23FN2O2S/c1-15-2-3-16(20(24)23-9-12-26-13-10-23)14-19(15)22-8-11-25-18-6-4-17(21)5-7-18/h2-7,14,22H,8-13H2,1H3. The number of halogens is 1. The van der Waals surface area contributed by atoms with Gasteiger partial charge in [0.05, 0.1) is 0 Å². The number of carbonyl (C=O) groups is 1. The summed E-state index contributed by atoms with van der Waals surface area (Å²) in [5.41, 5.74) is 2.73. The fourth-order valence-corrected chi connectivity index (χ4v) is 3.68. The van der Waals surface area contributed by atoms with Gasteiger partial charge in [0.25, 0.3) is 5.91 Å². The lowest BCUT2D eigenvalue weighted by molar-refractivity contribution is 0.0772. The van der Waals surface area contributed by atoms with Crippen molar-refractivity contribution in [2.45, 2.75) is 6.92 Å². The smallest absolute Gasteiger partial charge is 0.253 e. The number of hydrogen-bond donors (Lipinski definition) is 1. The quantitative estimate of drug-likeness (QED) is 0.781. The number of carbonyl (C=O) groups excluding carboxylic acids is 1. The molecule has 26 heavy (non-hydrogen) atoms. The van der Waals surface area contributed by atoms with Crippen LogP contribution in [0.5, 0.6) is 5.75 Å². The van der Waals surface area contributed by atoms with E-state index in [1.165, 1.54) is 12.1 Å². The molecule has 6 heteroatoms. The maximum Gasteiger partial charge on any atom is 0.253 e. The molecule has 1 fully saturated rings. The molecular formula is C20H23FN2O2S. The van der Waals surface area contributed by atoms with E-state index in [0.29, 0.717) is 24.5 Å². The molecule has 1 heterocycles. The molecule has 1 amide bonds. The van der Waals surface area contributed by atoms with Crippen molar-refractivity contribution in [2.75, 3.05) is 43.1 Å². The Morgan fingerprint density at radius 2 is 1.92 bits per heavy atom. The first-order chi connectivity index (χ1) is 12.6. The van der Waals surface area contributed by atoms with Crippen molar-refractivity contribution in [3.63, 3.8) is 0 Å². The predicted octanol–water partition coefficient (Wildman–Crippen LogP) is 3.81. The highest BCUT2D eigenvalue weighted by Gasteiger charge is 2.18. The zero-order chi connectivity index (χ0) is 18.4. The van der Waals surface area contributed by atoms with Crippen molar-refractivity contribution < 1.29 is 13.9 Å². The molecule has 2 aromatic rings. The van der Waals surface area contributed by atoms with Gasteiger partial charge in [-0.25, -0.2) is 4.39 Å². The maximum atomic E-state index is 12.9. The topological polar surface area (TPSA) is 41.6 Å². The van der Waals surface area contributed by atoms with E-state index in [2.05, 4.69) is 5.32 Å². The van der Waals surface area contributed by atoms with Crippen LogP contribution in [0.3, 0.4) is 0 Å². The third-order valence-corrected chi connectivity index (χ3v) is 5.23. The summed E-state index contributed by atoms with van der Waals surface area (Å²) in [6.45, 7) is 4.68. The molecule has 0 aromatic heterocycles. The Morgan fingerprint density at radius 3 is 2.65 bits per heavy atom. The fourth-order valence-electron chi connectivity index (χ4n) is 2.78. The van der Waals surface area contributed by atoms with Crippen LogP contribution in [0.15, 0.2) is 42.5 Å². The van der Waals surface area contributed by atoms with Crippen molar-refractivity contribution in [2.24, 2.45) is 0 Å². The Hall–Kier alpha value is -2.21. The molecule has 4 nitrogen and oxygen atoms in total. The summed E-state index contributed by atoms with van der Waals surface area (Å²) in [6.07, 6.45) is 0. The summed E-state index contributed by atoms with van der Waals surface area (Å²) >= 11 is 1.89. The van der Waals surface area contributed by atoms with E-state index in [9.17, 15) is 9.18 Å². The molecule has 0 spiro atoms. The number of amides is 1. The third-order valence-electron chi connectivity index (χ3n) is 4.28. The summed E-state index contributed by atoms with van der Waals surface area (Å²) in [4.78, 5) is 14.6. The van der Waals surface area contributed by atoms with Gasteiger partial charge < -0.3 is 15.0 Å². The largest absolute Gasteiger partial charge is 0.492 e. The van der Waals surface area contributed by atoms with Crippen molar-refractivity contribution in [1.82, 2.24) is 4.90 Å². The fraction of sp³-hybridized carbons (Fsp3) is 0.350. The van der Waals surface area contributed by atoms with Gasteiger partial charge in [-0.15, -0.1) is 0 Å². The molecule has 3 rings (SSSR count). The third kappa shape index (κ3) is 4.91. The zero-order valence-electron chi connectivity index (χ0n) is 14.8. The van der Waals surface area contributed by atoms with Crippen molar-refractivity contribution in [3.8, 4) is 5.75 Å². The minimum atomic E-state index is -0.278. The van der Waals surface area contributed by atoms with Crippen molar-refractivity contribution in [3.05, 3.63) is 59.4 Å². The average Bonchev–Trinajstić information content (AvgIpc) is 2.68. The maximum absolute atomic E-state index is 12.9. The summed E-state index contributed by atoms with van der Waals surface area (Å²) in [5.74, 6) is 2.46. The van der Waals surface area contributed by atoms with E-state index < -0.39 is 0 Å². The van der Waals surface area contributed by atoms with Crippen molar-refractivity contribution in [1.29, 1.82) is 0 Å². The number of nitrogens with one attached hydrogen (secondary N) is 1. The molecule has 0 radical (unpaired) electrons. The van der Waals surface area contributed by atoms with Gasteiger partial charge in [0, 0.05) is 42.4 Å². The van der Waals surface area contributed by atoms with Gasteiger partial charge >= 0.3 is 0 Å². The summed E-state index contributed by atoms with van der Waals surface area (Å²) in [5, 5.41) is 3.32. The summed E-state index contributed by atoms with van der Waals surface area (Å²) in [6, 6.07) is 11.7. The lowest BCUT2D eigenvalue weighted by Gasteiger charge is -2.26. The van der Waals surface area contributed by atoms with Crippen LogP contribution in [0, 0.1) is 12.7 Å². The van der Waals surface area contributed by atoms with Gasteiger partial charge in [-0.05, 0) is 48.9 Å². The Kier molecular flexibility index (Phi) is 6.39. The molecule has 2 aromatic carbocycles. The molecule has 1 N–H and O–H groups in total. The molecule has 1 saturated heterocycles. The number of hydrogen-bond acceptors (Lipinski definition) is 4. The number of thioether (sulfide) groups is 1. The van der Waals surface area contributed by atoms with E-state index in [0.717, 1.165) is 35.8 Å². The van der Waals surface area contributed by atoms with E-state index in [1.807, 2.05) is 41.8 Å². The van der Waals surface area contributed by atoms with Gasteiger partial charge in [0.2, 0.25) is 0 Å². The van der Waals surface area contributed by atoms with Crippen LogP contribution in [0.1, 0.15) is 15.9 Å². The minimum absolute atomic E-state index is 0.0934. The molecule has 1 aliphatic rings. The number of aryl methyl sites for hydroxylation is 1. The molecule has 0 saturated carbocycles. The predicted molar refractivity (Wildman–Crippen MR) is 105 cm³/mol. The lowest BCUT2D eigenvalue weighted by Crippen LogP contribution is -2.37. The normalized spacial score (nSPS) is 14.2. The van der Waals surface area contributed by atoms with Crippen LogP contribution in [0.25, 0.3) is 0 Å². The SMILES string of the molecule is Cc1ccc(C(=O)N2CCSCC2)cc1NCCOc1ccc(F)cc1. The Balaban J connectivity index is 1.55. The number of nitrogens with zero attached hydrogens (tertiary/aromatic N) is 1. The van der Waals surface area contributed by atoms with Crippen LogP contribution in [0.2, 0.25) is 0 Å². The molecular weight excluding hydrogens is 351 g/mol. The second kappa shape index (κ2) is 8.94. The number of anilines is 1. The molecule has 1 aliphatic heterocycles. The van der Waals surface area contributed by atoms with E-state index in [4.69, 9.17) is 4.74 Å². The Labute approximate surface area is 157 Å². The van der Waals surface area contributed by atoms with Crippen LogP contribution in [-0.4, -0.2) is 48.6 Å². The van der Waals surface area contributed by atoms with Crippen LogP contribution < -0.4 is 10.1 Å². The van der Waals surface area contributed by atoms with Crippen molar-refractivity contribution >= 4 is 23.4 Å². The van der Waals surface area contributed by atoms with E-state index in [-0.39, 0.29) is 11.7 Å². The first kappa shape index (κ1) is 18.6. The lowest BCUT2D eigenvalue weighted by atomic mass is 10.1. The second-order valence-corrected chi connectivity index (χ2v) is 7.39.